The van der Waals surface area contributed by atoms with Gasteiger partial charge in [-0.1, -0.05) is 74.2 Å². The summed E-state index contributed by atoms with van der Waals surface area (Å²) in [7, 11) is 1.60. The molecule has 0 atom stereocenters. The highest BCUT2D eigenvalue weighted by molar-refractivity contribution is 6.04. The molecule has 6 rings (SSSR count). The molecular weight excluding hydrogens is 849 g/mol. The number of ether oxygens (including phenoxy) is 2. The van der Waals surface area contributed by atoms with Crippen LogP contribution in [0.5, 0.6) is 11.5 Å². The van der Waals surface area contributed by atoms with Crippen molar-refractivity contribution >= 4 is 34.7 Å². The van der Waals surface area contributed by atoms with Crippen LogP contribution in [0.3, 0.4) is 0 Å². The summed E-state index contributed by atoms with van der Waals surface area (Å²) in [6, 6.07) is 36.8. The standard InChI is InChI=1S/C21H24O3.C20H22O3.C18H18O2.CH4/c1-5-24-21-11-8-18(13-16(21)4)20(23)10-9-19(22)17-7-6-14(2)15(3)12-17;1-13-5-6-16(11-14(13)2)18(21)8-9-19(22)17-7-10-20(23-4)15(3)12-17;1-13-8-9-16(12-14(13)2)18(20)11-10-17(19)15-6-4-3-5-7-15;/h6-8,11-13H,5,9-10H2,1-4H3;5-7,10-12H,8-9H2,1-4H3;3-9,12H,10-11H2,1-2H3;1H4. The molecule has 6 aromatic carbocycles. The Balaban J connectivity index is 0.000000269. The molecule has 0 unspecified atom stereocenters. The fourth-order valence-electron chi connectivity index (χ4n) is 7.11. The molecule has 6 aromatic rings. The number of Topliss-reactive ketones (excluding diaryl/α,β-unsaturated/α-hetero) is 6. The maximum Gasteiger partial charge on any atom is 0.163 e. The van der Waals surface area contributed by atoms with Crippen LogP contribution in [0.1, 0.15) is 160 Å². The van der Waals surface area contributed by atoms with Gasteiger partial charge in [-0.2, -0.15) is 0 Å². The second-order valence-electron chi connectivity index (χ2n) is 16.9. The van der Waals surface area contributed by atoms with Crippen LogP contribution in [-0.2, 0) is 0 Å². The highest BCUT2D eigenvalue weighted by Gasteiger charge is 2.15. The summed E-state index contributed by atoms with van der Waals surface area (Å²) in [5.41, 5.74) is 12.6. The number of ketones is 6. The fourth-order valence-corrected chi connectivity index (χ4v) is 7.11. The monoisotopic (exact) mass is 916 g/mol. The zero-order chi connectivity index (χ0) is 49.2. The third kappa shape index (κ3) is 16.4. The van der Waals surface area contributed by atoms with Gasteiger partial charge in [0.2, 0.25) is 0 Å². The first-order valence-electron chi connectivity index (χ1n) is 22.8. The van der Waals surface area contributed by atoms with Crippen LogP contribution in [0, 0.1) is 55.4 Å². The van der Waals surface area contributed by atoms with Gasteiger partial charge in [0.05, 0.1) is 13.7 Å². The van der Waals surface area contributed by atoms with E-state index in [1.54, 1.807) is 37.4 Å². The van der Waals surface area contributed by atoms with E-state index < -0.39 is 0 Å². The Morgan fingerprint density at radius 2 is 0.618 bits per heavy atom. The predicted molar refractivity (Wildman–Crippen MR) is 275 cm³/mol. The molecule has 0 radical (unpaired) electrons. The number of rotatable bonds is 18. The second-order valence-corrected chi connectivity index (χ2v) is 16.9. The number of hydrogen-bond donors (Lipinski definition) is 0. The van der Waals surface area contributed by atoms with E-state index in [4.69, 9.17) is 9.47 Å². The van der Waals surface area contributed by atoms with Crippen LogP contribution < -0.4 is 9.47 Å². The highest BCUT2D eigenvalue weighted by atomic mass is 16.5. The van der Waals surface area contributed by atoms with Crippen LogP contribution in [-0.4, -0.2) is 48.4 Å². The first kappa shape index (κ1) is 55.3. The van der Waals surface area contributed by atoms with Crippen molar-refractivity contribution < 1.29 is 38.2 Å². The minimum Gasteiger partial charge on any atom is -0.496 e. The topological polar surface area (TPSA) is 121 Å². The summed E-state index contributed by atoms with van der Waals surface area (Å²) in [5, 5.41) is 0. The SMILES string of the molecule is C.CCOc1ccc(C(=O)CCC(=O)c2ccc(C)c(C)c2)cc1C.COc1ccc(C(=O)CCC(=O)c2ccc(C)c(C)c2)cc1C.Cc1ccc(C(=O)CCC(=O)c2ccccc2)cc1C. The first-order chi connectivity index (χ1) is 31.9. The lowest BCUT2D eigenvalue weighted by Gasteiger charge is -2.09. The quantitative estimate of drug-likeness (QED) is 0.0782. The lowest BCUT2D eigenvalue weighted by molar-refractivity contribution is 0.0917. The van der Waals surface area contributed by atoms with Crippen molar-refractivity contribution in [2.75, 3.05) is 13.7 Å². The molecule has 8 nitrogen and oxygen atoms in total. The largest absolute Gasteiger partial charge is 0.496 e. The molecule has 68 heavy (non-hydrogen) atoms. The number of carbonyl (C=O) groups is 6. The number of methoxy groups -OCH3 is 1. The van der Waals surface area contributed by atoms with Crippen molar-refractivity contribution in [3.8, 4) is 11.5 Å². The van der Waals surface area contributed by atoms with Gasteiger partial charge in [0.1, 0.15) is 11.5 Å². The van der Waals surface area contributed by atoms with Gasteiger partial charge in [0.25, 0.3) is 0 Å². The van der Waals surface area contributed by atoms with Crippen LogP contribution >= 0.6 is 0 Å². The normalized spacial score (nSPS) is 10.3. The molecule has 0 N–H and O–H groups in total. The zero-order valence-electron chi connectivity index (χ0n) is 40.8. The second kappa shape index (κ2) is 26.9. The van der Waals surface area contributed by atoms with Crippen LogP contribution in [0.15, 0.2) is 121 Å². The summed E-state index contributed by atoms with van der Waals surface area (Å²) in [6.45, 7) is 18.3. The molecule has 0 heterocycles. The summed E-state index contributed by atoms with van der Waals surface area (Å²) >= 11 is 0. The molecule has 0 bridgehead atoms. The highest BCUT2D eigenvalue weighted by Crippen LogP contribution is 2.23. The Morgan fingerprint density at radius 3 is 0.897 bits per heavy atom. The minimum atomic E-state index is -0.0204. The molecule has 0 spiro atoms. The van der Waals surface area contributed by atoms with Gasteiger partial charge in [-0.3, -0.25) is 28.8 Å². The minimum absolute atomic E-state index is 0. The van der Waals surface area contributed by atoms with Crippen LogP contribution in [0.25, 0.3) is 0 Å². The van der Waals surface area contributed by atoms with E-state index >= 15 is 0 Å². The van der Waals surface area contributed by atoms with Gasteiger partial charge in [-0.15, -0.1) is 0 Å². The maximum absolute atomic E-state index is 12.3. The van der Waals surface area contributed by atoms with Gasteiger partial charge in [-0.25, -0.2) is 0 Å². The van der Waals surface area contributed by atoms with Gasteiger partial charge < -0.3 is 9.47 Å². The summed E-state index contributed by atoms with van der Waals surface area (Å²) in [5.74, 6) is 1.57. The smallest absolute Gasteiger partial charge is 0.163 e. The maximum atomic E-state index is 12.3. The van der Waals surface area contributed by atoms with Crippen molar-refractivity contribution in [2.45, 2.75) is 108 Å². The third-order valence-corrected chi connectivity index (χ3v) is 11.8. The lowest BCUT2D eigenvalue weighted by atomic mass is 9.98. The zero-order valence-corrected chi connectivity index (χ0v) is 40.8. The van der Waals surface area contributed by atoms with Gasteiger partial charge >= 0.3 is 0 Å². The average Bonchev–Trinajstić information content (AvgIpc) is 3.32. The van der Waals surface area contributed by atoms with Gasteiger partial charge in [0.15, 0.2) is 34.7 Å². The van der Waals surface area contributed by atoms with E-state index in [1.165, 1.54) is 5.56 Å². The number of benzene rings is 6. The lowest BCUT2D eigenvalue weighted by Crippen LogP contribution is -2.06. The third-order valence-electron chi connectivity index (χ3n) is 11.8. The Labute approximate surface area is 404 Å². The van der Waals surface area contributed by atoms with Crippen molar-refractivity contribution in [2.24, 2.45) is 0 Å². The molecule has 356 valence electrons. The number of hydrogen-bond acceptors (Lipinski definition) is 8. The van der Waals surface area contributed by atoms with E-state index in [2.05, 4.69) is 0 Å². The van der Waals surface area contributed by atoms with E-state index in [0.717, 1.165) is 50.4 Å². The molecule has 0 saturated heterocycles. The Bertz CT molecular complexity index is 2730. The number of carbonyl (C=O) groups excluding carboxylic acids is 6. The van der Waals surface area contributed by atoms with Gasteiger partial charge in [0, 0.05) is 71.9 Å². The van der Waals surface area contributed by atoms with Crippen LogP contribution in [0.2, 0.25) is 0 Å². The predicted octanol–water partition coefficient (Wildman–Crippen LogP) is 14.1. The molecule has 0 amide bonds. The summed E-state index contributed by atoms with van der Waals surface area (Å²) in [4.78, 5) is 73.1. The molecule has 0 aliphatic heterocycles. The summed E-state index contributed by atoms with van der Waals surface area (Å²) < 4.78 is 10.7. The van der Waals surface area contributed by atoms with Crippen molar-refractivity contribution in [3.05, 3.63) is 199 Å². The van der Waals surface area contributed by atoms with Crippen molar-refractivity contribution in [1.82, 2.24) is 0 Å². The average molecular weight is 917 g/mol. The van der Waals surface area contributed by atoms with Crippen LogP contribution in [0.4, 0.5) is 0 Å². The first-order valence-corrected chi connectivity index (χ1v) is 22.8. The summed E-state index contributed by atoms with van der Waals surface area (Å²) in [6.07, 6.45) is 1.42. The van der Waals surface area contributed by atoms with Crippen molar-refractivity contribution in [3.63, 3.8) is 0 Å². The molecule has 0 aliphatic carbocycles. The molecule has 0 saturated carbocycles. The molecule has 8 heteroatoms. The number of aryl methyl sites for hydroxylation is 8. The molecule has 0 aromatic heterocycles. The fraction of sp³-hybridized carbons (Fsp3) is 0.300. The Morgan fingerprint density at radius 1 is 0.338 bits per heavy atom. The van der Waals surface area contributed by atoms with E-state index in [0.29, 0.717) is 40.0 Å². The van der Waals surface area contributed by atoms with E-state index in [9.17, 15) is 28.8 Å². The van der Waals surface area contributed by atoms with Crippen molar-refractivity contribution in [1.29, 1.82) is 0 Å². The Hall–Kier alpha value is -7.06. The van der Waals surface area contributed by atoms with E-state index in [1.807, 2.05) is 153 Å². The molecule has 0 aliphatic rings. The van der Waals surface area contributed by atoms with Gasteiger partial charge in [-0.05, 0) is 161 Å². The Kier molecular flexibility index (Phi) is 21.9. The molecule has 0 fully saturated rings. The van der Waals surface area contributed by atoms with E-state index in [-0.39, 0.29) is 80.7 Å². The molecular formula is C60H68O8.